The van der Waals surface area contributed by atoms with Gasteiger partial charge in [-0.25, -0.2) is 8.78 Å². The van der Waals surface area contributed by atoms with Crippen molar-refractivity contribution in [2.24, 2.45) is 5.41 Å². The molecule has 1 saturated carbocycles. The minimum atomic E-state index is -2.36. The maximum absolute atomic E-state index is 12.9. The molecule has 1 heterocycles. The second-order valence-electron chi connectivity index (χ2n) is 4.19. The Morgan fingerprint density at radius 3 is 2.15 bits per heavy atom. The summed E-state index contributed by atoms with van der Waals surface area (Å²) < 4.78 is 25.9. The average molecular weight is 210 g/mol. The first-order valence-electron chi connectivity index (χ1n) is 4.76. The number of piperidine rings is 1. The molecule has 0 amide bonds. The Labute approximate surface area is 82.0 Å². The number of likely N-dealkylation sites (tertiary alicyclic amines) is 1. The highest BCUT2D eigenvalue weighted by atomic mass is 35.5. The zero-order chi connectivity index (χ0) is 9.53. The van der Waals surface area contributed by atoms with Gasteiger partial charge in [-0.05, 0) is 25.9 Å². The van der Waals surface area contributed by atoms with E-state index in [2.05, 4.69) is 4.90 Å². The first kappa shape index (κ1) is 9.66. The molecule has 0 aromatic heterocycles. The van der Waals surface area contributed by atoms with Crippen molar-refractivity contribution in [1.29, 1.82) is 0 Å². The summed E-state index contributed by atoms with van der Waals surface area (Å²) in [7, 11) is 0. The molecule has 2 aliphatic rings. The quantitative estimate of drug-likeness (QED) is 0.631. The molecule has 2 fully saturated rings. The Bertz CT molecular complexity index is 200. The van der Waals surface area contributed by atoms with Crippen LogP contribution in [0.2, 0.25) is 0 Å². The lowest BCUT2D eigenvalue weighted by Crippen LogP contribution is -2.37. The predicted octanol–water partition coefficient (Wildman–Crippen LogP) is 2.35. The van der Waals surface area contributed by atoms with Gasteiger partial charge in [0, 0.05) is 24.3 Å². The van der Waals surface area contributed by atoms with Gasteiger partial charge in [0.15, 0.2) is 0 Å². The highest BCUT2D eigenvalue weighted by Gasteiger charge is 2.70. The zero-order valence-electron chi connectivity index (χ0n) is 7.53. The van der Waals surface area contributed by atoms with Gasteiger partial charge in [-0.15, -0.1) is 11.6 Å². The standard InChI is InChI=1S/C9H14ClF2N/c10-3-6-13-4-1-8(2-5-13)7-9(8,11)12/h1-7H2. The third-order valence-corrected chi connectivity index (χ3v) is 3.59. The number of alkyl halides is 3. The molecule has 0 aromatic carbocycles. The third-order valence-electron chi connectivity index (χ3n) is 3.43. The molecule has 0 radical (unpaired) electrons. The number of hydrogen-bond acceptors (Lipinski definition) is 1. The topological polar surface area (TPSA) is 3.24 Å². The van der Waals surface area contributed by atoms with E-state index in [-0.39, 0.29) is 6.42 Å². The van der Waals surface area contributed by atoms with Gasteiger partial charge < -0.3 is 4.90 Å². The molecule has 0 N–H and O–H groups in total. The smallest absolute Gasteiger partial charge is 0.254 e. The van der Waals surface area contributed by atoms with E-state index in [0.29, 0.717) is 18.7 Å². The molecule has 1 aliphatic carbocycles. The molecule has 0 unspecified atom stereocenters. The number of halogens is 3. The van der Waals surface area contributed by atoms with Gasteiger partial charge in [0.25, 0.3) is 5.92 Å². The fraction of sp³-hybridized carbons (Fsp3) is 1.00. The van der Waals surface area contributed by atoms with Crippen LogP contribution in [0.15, 0.2) is 0 Å². The fourth-order valence-electron chi connectivity index (χ4n) is 2.25. The van der Waals surface area contributed by atoms with Crippen LogP contribution >= 0.6 is 11.6 Å². The molecule has 1 aliphatic heterocycles. The normalized spacial score (nSPS) is 30.7. The SMILES string of the molecule is FC1(F)CC12CCN(CCCl)CC2. The van der Waals surface area contributed by atoms with Crippen molar-refractivity contribution in [2.45, 2.75) is 25.2 Å². The van der Waals surface area contributed by atoms with E-state index in [1.807, 2.05) is 0 Å². The molecule has 0 bridgehead atoms. The second kappa shape index (κ2) is 3.06. The third kappa shape index (κ3) is 1.57. The second-order valence-corrected chi connectivity index (χ2v) is 4.57. The van der Waals surface area contributed by atoms with Crippen molar-refractivity contribution in [2.75, 3.05) is 25.5 Å². The van der Waals surface area contributed by atoms with Crippen LogP contribution < -0.4 is 0 Å². The van der Waals surface area contributed by atoms with E-state index < -0.39 is 11.3 Å². The summed E-state index contributed by atoms with van der Waals surface area (Å²) in [6, 6.07) is 0. The zero-order valence-corrected chi connectivity index (χ0v) is 8.29. The Morgan fingerprint density at radius 2 is 1.77 bits per heavy atom. The fourth-order valence-corrected chi connectivity index (χ4v) is 2.49. The Kier molecular flexibility index (Phi) is 2.27. The number of nitrogens with zero attached hydrogens (tertiary/aromatic N) is 1. The van der Waals surface area contributed by atoms with Crippen molar-refractivity contribution in [3.63, 3.8) is 0 Å². The summed E-state index contributed by atoms with van der Waals surface area (Å²) >= 11 is 5.59. The predicted molar refractivity (Wildman–Crippen MR) is 48.4 cm³/mol. The largest absolute Gasteiger partial charge is 0.302 e. The van der Waals surface area contributed by atoms with Crippen LogP contribution in [0.3, 0.4) is 0 Å². The maximum atomic E-state index is 12.9. The minimum absolute atomic E-state index is 0.120. The van der Waals surface area contributed by atoms with Crippen molar-refractivity contribution in [3.8, 4) is 0 Å². The first-order valence-corrected chi connectivity index (χ1v) is 5.29. The first-order chi connectivity index (χ1) is 6.10. The van der Waals surface area contributed by atoms with E-state index in [1.54, 1.807) is 0 Å². The molecule has 76 valence electrons. The molecular formula is C9H14ClF2N. The number of rotatable bonds is 2. The van der Waals surface area contributed by atoms with Gasteiger partial charge in [0.05, 0.1) is 0 Å². The van der Waals surface area contributed by atoms with Crippen LogP contribution in [0.25, 0.3) is 0 Å². The van der Waals surface area contributed by atoms with Crippen molar-refractivity contribution >= 4 is 11.6 Å². The highest BCUT2D eigenvalue weighted by Crippen LogP contribution is 2.65. The summed E-state index contributed by atoms with van der Waals surface area (Å²) in [5.41, 5.74) is -0.615. The lowest BCUT2D eigenvalue weighted by Gasteiger charge is -2.31. The minimum Gasteiger partial charge on any atom is -0.302 e. The molecule has 13 heavy (non-hydrogen) atoms. The Balaban J connectivity index is 1.84. The summed E-state index contributed by atoms with van der Waals surface area (Å²) in [5.74, 6) is -1.76. The van der Waals surface area contributed by atoms with Gasteiger partial charge in [-0.3, -0.25) is 0 Å². The van der Waals surface area contributed by atoms with Gasteiger partial charge in [0.2, 0.25) is 0 Å². The summed E-state index contributed by atoms with van der Waals surface area (Å²) in [6.45, 7) is 2.42. The van der Waals surface area contributed by atoms with E-state index >= 15 is 0 Å². The molecule has 4 heteroatoms. The summed E-state index contributed by atoms with van der Waals surface area (Å²) in [4.78, 5) is 2.17. The average Bonchev–Trinajstić information content (AvgIpc) is 2.59. The Morgan fingerprint density at radius 1 is 1.23 bits per heavy atom. The molecule has 2 rings (SSSR count). The molecule has 1 saturated heterocycles. The van der Waals surface area contributed by atoms with Gasteiger partial charge in [0.1, 0.15) is 0 Å². The van der Waals surface area contributed by atoms with Gasteiger partial charge >= 0.3 is 0 Å². The van der Waals surface area contributed by atoms with E-state index in [0.717, 1.165) is 19.6 Å². The van der Waals surface area contributed by atoms with Crippen molar-refractivity contribution < 1.29 is 8.78 Å². The van der Waals surface area contributed by atoms with Crippen LogP contribution in [-0.2, 0) is 0 Å². The summed E-state index contributed by atoms with van der Waals surface area (Å²) in [5, 5.41) is 0. The molecule has 1 spiro atoms. The van der Waals surface area contributed by atoms with Crippen LogP contribution in [-0.4, -0.2) is 36.3 Å². The molecule has 0 aromatic rings. The van der Waals surface area contributed by atoms with E-state index in [9.17, 15) is 8.78 Å². The van der Waals surface area contributed by atoms with Crippen LogP contribution in [0.4, 0.5) is 8.78 Å². The van der Waals surface area contributed by atoms with Crippen LogP contribution in [0, 0.1) is 5.41 Å². The van der Waals surface area contributed by atoms with Gasteiger partial charge in [-0.1, -0.05) is 0 Å². The molecule has 1 nitrogen and oxygen atoms in total. The van der Waals surface area contributed by atoms with E-state index in [1.165, 1.54) is 0 Å². The Hall–Kier alpha value is 0.110. The molecular weight excluding hydrogens is 196 g/mol. The summed E-state index contributed by atoms with van der Waals surface area (Å²) in [6.07, 6.45) is 1.42. The van der Waals surface area contributed by atoms with Crippen LogP contribution in [0.1, 0.15) is 19.3 Å². The maximum Gasteiger partial charge on any atom is 0.254 e. The van der Waals surface area contributed by atoms with E-state index in [4.69, 9.17) is 11.6 Å². The number of hydrogen-bond donors (Lipinski definition) is 0. The molecule has 0 atom stereocenters. The lowest BCUT2D eigenvalue weighted by atomic mass is 9.93. The lowest BCUT2D eigenvalue weighted by molar-refractivity contribution is 0.0325. The van der Waals surface area contributed by atoms with Gasteiger partial charge in [-0.2, -0.15) is 0 Å². The monoisotopic (exact) mass is 209 g/mol. The van der Waals surface area contributed by atoms with Crippen molar-refractivity contribution in [3.05, 3.63) is 0 Å². The van der Waals surface area contributed by atoms with Crippen LogP contribution in [0.5, 0.6) is 0 Å². The highest BCUT2D eigenvalue weighted by molar-refractivity contribution is 6.18. The van der Waals surface area contributed by atoms with Crippen molar-refractivity contribution in [1.82, 2.24) is 4.90 Å².